The maximum absolute atomic E-state index is 11.6. The van der Waals surface area contributed by atoms with Gasteiger partial charge < -0.3 is 16.2 Å². The van der Waals surface area contributed by atoms with Gasteiger partial charge in [-0.2, -0.15) is 0 Å². The van der Waals surface area contributed by atoms with Crippen molar-refractivity contribution < 1.29 is 19.5 Å². The van der Waals surface area contributed by atoms with Crippen LogP contribution < -0.4 is 11.1 Å². The Morgan fingerprint density at radius 1 is 1.29 bits per heavy atom. The van der Waals surface area contributed by atoms with E-state index in [0.717, 1.165) is 0 Å². The molecular formula is C11H12N2O4. The van der Waals surface area contributed by atoms with Crippen LogP contribution in [0, 0.1) is 0 Å². The zero-order chi connectivity index (χ0) is 13.0. The number of carbonyl (C=O) groups is 3. The number of carbonyl (C=O) groups excluding carboxylic acids is 2. The minimum Gasteiger partial charge on any atom is -0.478 e. The Morgan fingerprint density at radius 2 is 1.88 bits per heavy atom. The van der Waals surface area contributed by atoms with Gasteiger partial charge in [0.2, 0.25) is 5.91 Å². The van der Waals surface area contributed by atoms with Crippen LogP contribution in [0.4, 0.5) is 0 Å². The first-order valence-electron chi connectivity index (χ1n) is 4.85. The van der Waals surface area contributed by atoms with Crippen molar-refractivity contribution in [1.29, 1.82) is 0 Å². The first kappa shape index (κ1) is 12.7. The molecular weight excluding hydrogens is 224 g/mol. The van der Waals surface area contributed by atoms with Crippen LogP contribution in [0.3, 0.4) is 0 Å². The molecule has 0 spiro atoms. The second kappa shape index (κ2) is 5.11. The van der Waals surface area contributed by atoms with E-state index < -0.39 is 23.8 Å². The number of amides is 2. The second-order valence-electron chi connectivity index (χ2n) is 3.48. The zero-order valence-corrected chi connectivity index (χ0v) is 9.14. The normalized spacial score (nSPS) is 11.6. The third kappa shape index (κ3) is 3.30. The average Bonchev–Trinajstić information content (AvgIpc) is 2.28. The summed E-state index contributed by atoms with van der Waals surface area (Å²) in [5, 5.41) is 11.1. The highest BCUT2D eigenvalue weighted by Crippen LogP contribution is 2.05. The van der Waals surface area contributed by atoms with Crippen molar-refractivity contribution in [3.05, 3.63) is 35.4 Å². The van der Waals surface area contributed by atoms with Crippen LogP contribution in [-0.4, -0.2) is 28.9 Å². The van der Waals surface area contributed by atoms with Crippen molar-refractivity contribution in [3.8, 4) is 0 Å². The summed E-state index contributed by atoms with van der Waals surface area (Å²) in [4.78, 5) is 33.1. The van der Waals surface area contributed by atoms with Gasteiger partial charge in [0.15, 0.2) is 0 Å². The van der Waals surface area contributed by atoms with Crippen molar-refractivity contribution in [3.63, 3.8) is 0 Å². The molecule has 6 nitrogen and oxygen atoms in total. The number of aromatic carboxylic acids is 1. The smallest absolute Gasteiger partial charge is 0.335 e. The van der Waals surface area contributed by atoms with E-state index in [2.05, 4.69) is 5.32 Å². The first-order chi connectivity index (χ1) is 7.91. The van der Waals surface area contributed by atoms with Crippen LogP contribution in [0.5, 0.6) is 0 Å². The number of hydrogen-bond acceptors (Lipinski definition) is 3. The minimum atomic E-state index is -1.12. The summed E-state index contributed by atoms with van der Waals surface area (Å²) >= 11 is 0. The molecule has 1 aromatic carbocycles. The number of nitrogens with one attached hydrogen (secondary N) is 1. The van der Waals surface area contributed by atoms with Crippen molar-refractivity contribution in [1.82, 2.24) is 5.32 Å². The highest BCUT2D eigenvalue weighted by molar-refractivity contribution is 5.99. The molecule has 0 bridgehead atoms. The minimum absolute atomic E-state index is 0.00405. The lowest BCUT2D eigenvalue weighted by Gasteiger charge is -2.10. The lowest BCUT2D eigenvalue weighted by atomic mass is 10.1. The Balaban J connectivity index is 2.86. The second-order valence-corrected chi connectivity index (χ2v) is 3.48. The van der Waals surface area contributed by atoms with E-state index in [1.807, 2.05) is 0 Å². The fraction of sp³-hybridized carbons (Fsp3) is 0.182. The number of carboxylic acids is 1. The Bertz CT molecular complexity index is 470. The van der Waals surface area contributed by atoms with Gasteiger partial charge in [0, 0.05) is 5.56 Å². The highest BCUT2D eigenvalue weighted by Gasteiger charge is 2.14. The number of nitrogens with two attached hydrogens (primary N) is 1. The summed E-state index contributed by atoms with van der Waals surface area (Å²) in [7, 11) is 0. The first-order valence-corrected chi connectivity index (χ1v) is 4.85. The van der Waals surface area contributed by atoms with E-state index in [1.165, 1.54) is 31.2 Å². The van der Waals surface area contributed by atoms with Crippen molar-refractivity contribution in [2.45, 2.75) is 13.0 Å². The molecule has 1 rings (SSSR count). The molecule has 0 radical (unpaired) electrons. The molecule has 0 saturated heterocycles. The molecule has 0 aromatic heterocycles. The van der Waals surface area contributed by atoms with Crippen LogP contribution in [-0.2, 0) is 4.79 Å². The third-order valence-electron chi connectivity index (χ3n) is 2.15. The fourth-order valence-corrected chi connectivity index (χ4v) is 1.14. The Kier molecular flexibility index (Phi) is 3.82. The van der Waals surface area contributed by atoms with Crippen LogP contribution in [0.1, 0.15) is 27.6 Å². The summed E-state index contributed by atoms with van der Waals surface area (Å²) in [6.45, 7) is 1.45. The summed E-state index contributed by atoms with van der Waals surface area (Å²) in [6, 6.07) is 4.70. The number of rotatable bonds is 4. The van der Waals surface area contributed by atoms with E-state index in [-0.39, 0.29) is 11.1 Å². The molecule has 0 aliphatic rings. The van der Waals surface area contributed by atoms with Crippen LogP contribution >= 0.6 is 0 Å². The van der Waals surface area contributed by atoms with E-state index in [0.29, 0.717) is 0 Å². The summed E-state index contributed by atoms with van der Waals surface area (Å²) in [5.74, 6) is -2.32. The highest BCUT2D eigenvalue weighted by atomic mass is 16.4. The summed E-state index contributed by atoms with van der Waals surface area (Å²) < 4.78 is 0. The molecule has 90 valence electrons. The van der Waals surface area contributed by atoms with Gasteiger partial charge in [-0.05, 0) is 25.1 Å². The number of carboxylic acid groups (broad SMARTS) is 1. The van der Waals surface area contributed by atoms with Gasteiger partial charge in [0.1, 0.15) is 6.04 Å². The molecule has 2 amide bonds. The molecule has 1 aromatic rings. The Hall–Kier alpha value is -2.37. The molecule has 1 unspecified atom stereocenters. The summed E-state index contributed by atoms with van der Waals surface area (Å²) in [5.41, 5.74) is 5.16. The monoisotopic (exact) mass is 236 g/mol. The maximum atomic E-state index is 11.6. The van der Waals surface area contributed by atoms with Gasteiger partial charge in [-0.15, -0.1) is 0 Å². The molecule has 4 N–H and O–H groups in total. The van der Waals surface area contributed by atoms with Gasteiger partial charge >= 0.3 is 5.97 Å². The lowest BCUT2D eigenvalue weighted by Crippen LogP contribution is -2.42. The Morgan fingerprint density at radius 3 is 2.41 bits per heavy atom. The van der Waals surface area contributed by atoms with Gasteiger partial charge in [-0.1, -0.05) is 6.07 Å². The molecule has 0 heterocycles. The predicted octanol–water partition coefficient (Wildman–Crippen LogP) is -0.0116. The Labute approximate surface area is 97.4 Å². The quantitative estimate of drug-likeness (QED) is 0.682. The maximum Gasteiger partial charge on any atom is 0.335 e. The number of primary amides is 1. The van der Waals surface area contributed by atoms with E-state index in [9.17, 15) is 14.4 Å². The molecule has 17 heavy (non-hydrogen) atoms. The van der Waals surface area contributed by atoms with Gasteiger partial charge in [0.25, 0.3) is 5.91 Å². The lowest BCUT2D eigenvalue weighted by molar-refractivity contribution is -0.119. The SMILES string of the molecule is CC(NC(=O)c1cccc(C(=O)O)c1)C(N)=O. The van der Waals surface area contributed by atoms with E-state index >= 15 is 0 Å². The number of hydrogen-bond donors (Lipinski definition) is 3. The fourth-order valence-electron chi connectivity index (χ4n) is 1.14. The van der Waals surface area contributed by atoms with E-state index in [1.54, 1.807) is 0 Å². The van der Waals surface area contributed by atoms with Crippen molar-refractivity contribution >= 4 is 17.8 Å². The van der Waals surface area contributed by atoms with E-state index in [4.69, 9.17) is 10.8 Å². The van der Waals surface area contributed by atoms with Crippen LogP contribution in [0.2, 0.25) is 0 Å². The van der Waals surface area contributed by atoms with Crippen molar-refractivity contribution in [2.75, 3.05) is 0 Å². The summed E-state index contributed by atoms with van der Waals surface area (Å²) in [6.07, 6.45) is 0. The molecule has 0 aliphatic heterocycles. The van der Waals surface area contributed by atoms with Gasteiger partial charge in [-0.25, -0.2) is 4.79 Å². The topological polar surface area (TPSA) is 109 Å². The van der Waals surface area contributed by atoms with Gasteiger partial charge in [0.05, 0.1) is 5.56 Å². The van der Waals surface area contributed by atoms with Crippen LogP contribution in [0.25, 0.3) is 0 Å². The molecule has 0 aliphatic carbocycles. The number of benzene rings is 1. The largest absolute Gasteiger partial charge is 0.478 e. The van der Waals surface area contributed by atoms with Crippen molar-refractivity contribution in [2.24, 2.45) is 5.73 Å². The molecule has 1 atom stereocenters. The van der Waals surface area contributed by atoms with Crippen LogP contribution in [0.15, 0.2) is 24.3 Å². The molecule has 0 fully saturated rings. The molecule has 6 heteroatoms. The average molecular weight is 236 g/mol. The standard InChI is InChI=1S/C11H12N2O4/c1-6(9(12)14)13-10(15)7-3-2-4-8(5-7)11(16)17/h2-6H,1H3,(H2,12,14)(H,13,15)(H,16,17). The zero-order valence-electron chi connectivity index (χ0n) is 9.14. The predicted molar refractivity (Wildman–Crippen MR) is 59.5 cm³/mol. The van der Waals surface area contributed by atoms with Gasteiger partial charge in [-0.3, -0.25) is 9.59 Å². The third-order valence-corrected chi connectivity index (χ3v) is 2.15. The molecule has 0 saturated carbocycles.